The summed E-state index contributed by atoms with van der Waals surface area (Å²) in [6, 6.07) is 8.63. The molecule has 1 fully saturated rings. The minimum absolute atomic E-state index is 0.0469. The molecule has 9 heteroatoms. The average molecular weight is 435 g/mol. The lowest BCUT2D eigenvalue weighted by Crippen LogP contribution is -2.35. The molecule has 1 aromatic heterocycles. The molecule has 1 aliphatic rings. The van der Waals surface area contributed by atoms with Gasteiger partial charge in [-0.1, -0.05) is 6.42 Å². The molecule has 1 aromatic carbocycles. The first-order valence-corrected chi connectivity index (χ1v) is 11.5. The van der Waals surface area contributed by atoms with Gasteiger partial charge in [0, 0.05) is 34.2 Å². The Labute approximate surface area is 178 Å². The summed E-state index contributed by atoms with van der Waals surface area (Å²) in [6.07, 6.45) is 4.41. The van der Waals surface area contributed by atoms with Gasteiger partial charge in [-0.05, 0) is 43.2 Å². The molecule has 0 saturated carbocycles. The molecular formula is C21H30N4O4S. The van der Waals surface area contributed by atoms with E-state index in [-0.39, 0.29) is 17.3 Å². The third-order valence-corrected chi connectivity index (χ3v) is 7.13. The van der Waals surface area contributed by atoms with E-state index in [1.807, 2.05) is 25.1 Å². The number of carbonyl (C=O) groups excluding carboxylic acids is 1. The van der Waals surface area contributed by atoms with Gasteiger partial charge in [-0.3, -0.25) is 4.79 Å². The average Bonchev–Trinajstić information content (AvgIpc) is 3.25. The van der Waals surface area contributed by atoms with Gasteiger partial charge in [-0.25, -0.2) is 8.42 Å². The number of anilines is 2. The van der Waals surface area contributed by atoms with E-state index >= 15 is 0 Å². The number of hydrogen-bond donors (Lipinski definition) is 1. The topological polar surface area (TPSA) is 86.1 Å². The molecule has 0 atom stereocenters. The van der Waals surface area contributed by atoms with E-state index in [1.165, 1.54) is 0 Å². The largest absolute Gasteiger partial charge is 0.467 e. The molecule has 0 aliphatic carbocycles. The van der Waals surface area contributed by atoms with Crippen LogP contribution in [0.2, 0.25) is 0 Å². The van der Waals surface area contributed by atoms with Gasteiger partial charge in [0.25, 0.3) is 0 Å². The smallest absolute Gasteiger partial charge is 0.243 e. The number of piperidine rings is 1. The molecule has 3 rings (SSSR count). The van der Waals surface area contributed by atoms with E-state index < -0.39 is 10.0 Å². The molecule has 1 saturated heterocycles. The maximum Gasteiger partial charge on any atom is 0.243 e. The number of hydrogen-bond acceptors (Lipinski definition) is 6. The van der Waals surface area contributed by atoms with Crippen LogP contribution >= 0.6 is 0 Å². The zero-order valence-corrected chi connectivity index (χ0v) is 18.6. The van der Waals surface area contributed by atoms with Crippen molar-refractivity contribution in [2.75, 3.05) is 51.0 Å². The number of sulfonamides is 1. The Bertz CT molecular complexity index is 951. The quantitative estimate of drug-likeness (QED) is 0.687. The summed E-state index contributed by atoms with van der Waals surface area (Å²) in [5.74, 6) is 0.579. The zero-order valence-electron chi connectivity index (χ0n) is 17.8. The van der Waals surface area contributed by atoms with E-state index in [4.69, 9.17) is 4.42 Å². The Morgan fingerprint density at radius 2 is 1.87 bits per heavy atom. The number of likely N-dealkylation sites (N-methyl/N-ethyl adjacent to an activating group) is 1. The van der Waals surface area contributed by atoms with Gasteiger partial charge < -0.3 is 19.5 Å². The first-order chi connectivity index (χ1) is 14.3. The molecule has 2 heterocycles. The molecule has 2 aromatic rings. The van der Waals surface area contributed by atoms with Gasteiger partial charge in [0.05, 0.1) is 35.6 Å². The van der Waals surface area contributed by atoms with Crippen LogP contribution in [-0.4, -0.2) is 64.3 Å². The minimum Gasteiger partial charge on any atom is -0.467 e. The van der Waals surface area contributed by atoms with Crippen molar-refractivity contribution in [3.63, 3.8) is 0 Å². The summed E-state index contributed by atoms with van der Waals surface area (Å²) in [6.45, 7) is 1.52. The van der Waals surface area contributed by atoms with Crippen LogP contribution in [0.4, 0.5) is 11.4 Å². The SMILES string of the molecule is CN(Cc1ccco1)C(=O)CNc1cc(S(=O)(=O)N2CCCCC2)ccc1N(C)C. The highest BCUT2D eigenvalue weighted by atomic mass is 32.2. The van der Waals surface area contributed by atoms with Gasteiger partial charge in [-0.2, -0.15) is 4.31 Å². The van der Waals surface area contributed by atoms with Crippen LogP contribution < -0.4 is 10.2 Å². The Hall–Kier alpha value is -2.52. The molecule has 1 aliphatic heterocycles. The number of furan rings is 1. The normalized spacial score (nSPS) is 15.0. The third kappa shape index (κ3) is 5.14. The summed E-state index contributed by atoms with van der Waals surface area (Å²) in [5.41, 5.74) is 1.42. The highest BCUT2D eigenvalue weighted by Crippen LogP contribution is 2.30. The lowest BCUT2D eigenvalue weighted by Gasteiger charge is -2.27. The highest BCUT2D eigenvalue weighted by Gasteiger charge is 2.27. The Balaban J connectivity index is 1.75. The molecule has 30 heavy (non-hydrogen) atoms. The Morgan fingerprint density at radius 1 is 1.13 bits per heavy atom. The molecule has 8 nitrogen and oxygen atoms in total. The Kier molecular flexibility index (Phi) is 7.04. The van der Waals surface area contributed by atoms with E-state index in [9.17, 15) is 13.2 Å². The fourth-order valence-corrected chi connectivity index (χ4v) is 5.04. The van der Waals surface area contributed by atoms with Crippen molar-refractivity contribution in [1.29, 1.82) is 0 Å². The molecule has 0 unspecified atom stereocenters. The minimum atomic E-state index is -3.55. The predicted molar refractivity (Wildman–Crippen MR) is 117 cm³/mol. The fourth-order valence-electron chi connectivity index (χ4n) is 3.49. The van der Waals surface area contributed by atoms with Gasteiger partial charge in [0.15, 0.2) is 0 Å². The van der Waals surface area contributed by atoms with Crippen molar-refractivity contribution < 1.29 is 17.6 Å². The number of carbonyl (C=O) groups is 1. The molecule has 1 amide bonds. The fraction of sp³-hybridized carbons (Fsp3) is 0.476. The van der Waals surface area contributed by atoms with E-state index in [1.54, 1.807) is 46.8 Å². The third-order valence-electron chi connectivity index (χ3n) is 5.23. The summed E-state index contributed by atoms with van der Waals surface area (Å²) in [7, 11) is 1.91. The van der Waals surface area contributed by atoms with Gasteiger partial charge in [0.2, 0.25) is 15.9 Å². The molecule has 164 valence electrons. The zero-order chi connectivity index (χ0) is 21.7. The van der Waals surface area contributed by atoms with Crippen LogP contribution in [0.3, 0.4) is 0 Å². The molecule has 0 radical (unpaired) electrons. The molecule has 0 spiro atoms. The van der Waals surface area contributed by atoms with E-state index in [2.05, 4.69) is 5.32 Å². The standard InChI is InChI=1S/C21H30N4O4S/c1-23(2)20-10-9-18(30(27,28)25-11-5-4-6-12-25)14-19(20)22-15-21(26)24(3)16-17-8-7-13-29-17/h7-10,13-14,22H,4-6,11-12,15-16H2,1-3H3. The van der Waals surface area contributed by atoms with Gasteiger partial charge in [-0.15, -0.1) is 0 Å². The molecule has 1 N–H and O–H groups in total. The number of amides is 1. The second kappa shape index (κ2) is 9.53. The summed E-state index contributed by atoms with van der Waals surface area (Å²) in [4.78, 5) is 16.2. The molecule has 0 bridgehead atoms. The van der Waals surface area contributed by atoms with Crippen LogP contribution in [0.1, 0.15) is 25.0 Å². The number of nitrogens with zero attached hydrogens (tertiary/aromatic N) is 3. The lowest BCUT2D eigenvalue weighted by molar-refractivity contribution is -0.128. The van der Waals surface area contributed by atoms with Crippen LogP contribution in [0, 0.1) is 0 Å². The Morgan fingerprint density at radius 3 is 2.50 bits per heavy atom. The number of benzene rings is 1. The van der Waals surface area contributed by atoms with Crippen LogP contribution in [0.15, 0.2) is 45.9 Å². The molecular weight excluding hydrogens is 404 g/mol. The maximum atomic E-state index is 13.0. The van der Waals surface area contributed by atoms with Crippen LogP contribution in [0.5, 0.6) is 0 Å². The van der Waals surface area contributed by atoms with Crippen molar-refractivity contribution in [3.05, 3.63) is 42.4 Å². The van der Waals surface area contributed by atoms with Crippen molar-refractivity contribution in [2.24, 2.45) is 0 Å². The van der Waals surface area contributed by atoms with Crippen LogP contribution in [-0.2, 0) is 21.4 Å². The van der Waals surface area contributed by atoms with Crippen LogP contribution in [0.25, 0.3) is 0 Å². The summed E-state index contributed by atoms with van der Waals surface area (Å²) in [5, 5.41) is 3.12. The summed E-state index contributed by atoms with van der Waals surface area (Å²) >= 11 is 0. The number of rotatable bonds is 8. The summed E-state index contributed by atoms with van der Waals surface area (Å²) < 4.78 is 32.9. The van der Waals surface area contributed by atoms with E-state index in [0.717, 1.165) is 24.9 Å². The first-order valence-electron chi connectivity index (χ1n) is 10.1. The monoisotopic (exact) mass is 434 g/mol. The maximum absolute atomic E-state index is 13.0. The lowest BCUT2D eigenvalue weighted by atomic mass is 10.2. The van der Waals surface area contributed by atoms with Crippen molar-refractivity contribution in [1.82, 2.24) is 9.21 Å². The number of nitrogens with one attached hydrogen (secondary N) is 1. The van der Waals surface area contributed by atoms with Gasteiger partial charge in [0.1, 0.15) is 5.76 Å². The van der Waals surface area contributed by atoms with E-state index in [0.29, 0.717) is 31.1 Å². The van der Waals surface area contributed by atoms with Gasteiger partial charge >= 0.3 is 0 Å². The first kappa shape index (κ1) is 22.2. The van der Waals surface area contributed by atoms with Crippen molar-refractivity contribution in [2.45, 2.75) is 30.7 Å². The second-order valence-electron chi connectivity index (χ2n) is 7.72. The van der Waals surface area contributed by atoms with Crippen molar-refractivity contribution in [3.8, 4) is 0 Å². The van der Waals surface area contributed by atoms with Crippen molar-refractivity contribution >= 4 is 27.3 Å². The predicted octanol–water partition coefficient (Wildman–Crippen LogP) is 2.59. The highest BCUT2D eigenvalue weighted by molar-refractivity contribution is 7.89. The second-order valence-corrected chi connectivity index (χ2v) is 9.66.